The van der Waals surface area contributed by atoms with Gasteiger partial charge in [0.05, 0.1) is 27.6 Å². The molecule has 0 saturated heterocycles. The minimum absolute atomic E-state index is 0.0374. The van der Waals surface area contributed by atoms with Gasteiger partial charge < -0.3 is 13.6 Å². The Hall–Kier alpha value is -6.32. The number of allylic oxidation sites excluding steroid dienone is 5. The van der Waals surface area contributed by atoms with E-state index in [-0.39, 0.29) is 10.8 Å². The van der Waals surface area contributed by atoms with Crippen molar-refractivity contribution in [3.63, 3.8) is 0 Å². The van der Waals surface area contributed by atoms with Crippen molar-refractivity contribution in [2.75, 3.05) is 0 Å². The minimum Gasteiger partial charge on any atom is -0.455 e. The summed E-state index contributed by atoms with van der Waals surface area (Å²) >= 11 is 0. The summed E-state index contributed by atoms with van der Waals surface area (Å²) in [7, 11) is 0. The van der Waals surface area contributed by atoms with Gasteiger partial charge in [-0.25, -0.2) is 0 Å². The second kappa shape index (κ2) is 10.7. The van der Waals surface area contributed by atoms with Crippen LogP contribution in [-0.2, 0) is 17.3 Å². The Morgan fingerprint density at radius 3 is 2.11 bits per heavy atom. The highest BCUT2D eigenvalue weighted by molar-refractivity contribution is 6.27. The monoisotopic (exact) mass is 734 g/mol. The summed E-state index contributed by atoms with van der Waals surface area (Å²) < 4.78 is 12.5. The SMILES string of the molecule is CC1(C)C2=Cc3c(c4c5oc6c(ccc7c6c6cc8c(cc6n7C6=CCCC=C6)C(C)(C)c6ccccc6-8)c5ccc4n3-c3ccccc3)CC2c2ccccc21. The van der Waals surface area contributed by atoms with Crippen molar-refractivity contribution >= 4 is 66.4 Å². The van der Waals surface area contributed by atoms with E-state index < -0.39 is 0 Å². The molecule has 0 aliphatic heterocycles. The van der Waals surface area contributed by atoms with Gasteiger partial charge in [-0.1, -0.05) is 112 Å². The first kappa shape index (κ1) is 31.8. The normalized spacial score (nSPS) is 18.6. The summed E-state index contributed by atoms with van der Waals surface area (Å²) in [6, 6.07) is 43.3. The van der Waals surface area contributed by atoms with Gasteiger partial charge >= 0.3 is 0 Å². The topological polar surface area (TPSA) is 23.0 Å². The fourth-order valence-corrected chi connectivity index (χ4v) is 11.7. The first-order valence-corrected chi connectivity index (χ1v) is 20.7. The van der Waals surface area contributed by atoms with Gasteiger partial charge in [0.15, 0.2) is 0 Å². The Balaban J connectivity index is 1.15. The average Bonchev–Trinajstić information content (AvgIpc) is 3.99. The second-order valence-corrected chi connectivity index (χ2v) is 17.9. The number of fused-ring (bicyclic) bond motifs is 17. The van der Waals surface area contributed by atoms with E-state index in [1.807, 2.05) is 0 Å². The number of hydrogen-bond donors (Lipinski definition) is 0. The molecule has 0 saturated carbocycles. The molecule has 6 aromatic carbocycles. The number of aromatic nitrogens is 2. The van der Waals surface area contributed by atoms with Crippen molar-refractivity contribution < 1.29 is 4.42 Å². The number of hydrogen-bond acceptors (Lipinski definition) is 1. The predicted molar refractivity (Wildman–Crippen MR) is 238 cm³/mol. The average molecular weight is 735 g/mol. The van der Waals surface area contributed by atoms with E-state index in [2.05, 4.69) is 176 Å². The van der Waals surface area contributed by atoms with Crippen LogP contribution in [-0.4, -0.2) is 9.13 Å². The first-order chi connectivity index (χ1) is 27.8. The molecule has 1 unspecified atom stereocenters. The summed E-state index contributed by atoms with van der Waals surface area (Å²) in [5.74, 6) is 0.342. The maximum Gasteiger partial charge on any atom is 0.145 e. The Bertz CT molecular complexity index is 3370. The number of benzene rings is 6. The van der Waals surface area contributed by atoms with E-state index in [1.165, 1.54) is 105 Å². The fourth-order valence-electron chi connectivity index (χ4n) is 11.7. The van der Waals surface area contributed by atoms with Crippen LogP contribution in [0.1, 0.15) is 80.0 Å². The zero-order chi connectivity index (χ0) is 37.9. The van der Waals surface area contributed by atoms with Crippen molar-refractivity contribution in [3.8, 4) is 16.8 Å². The molecule has 3 aromatic heterocycles. The van der Waals surface area contributed by atoms with E-state index in [0.29, 0.717) is 5.92 Å². The standard InChI is InChI=1S/C54H42N2O/c1-53(2)41-21-13-11-19-33(41)37-27-39-47(29-43(37)53)55(31-15-7-5-8-16-31)45-25-23-35-36-24-26-46-50(52(36)57-51(35)49(39)45)40-28-38-34-20-12-14-22-42(34)54(3,4)44(38)30-48(40)56(46)32-17-9-6-10-18-32/h5,7-9,11-26,28-30,37H,6,10,27H2,1-4H3. The summed E-state index contributed by atoms with van der Waals surface area (Å²) in [6.45, 7) is 9.58. The van der Waals surface area contributed by atoms with Crippen molar-refractivity contribution in [3.05, 3.63) is 173 Å². The molecule has 0 spiro atoms. The third-order valence-electron chi connectivity index (χ3n) is 14.4. The highest BCUT2D eigenvalue weighted by Crippen LogP contribution is 2.57. The van der Waals surface area contributed by atoms with Crippen molar-refractivity contribution in [2.24, 2.45) is 0 Å². The van der Waals surface area contributed by atoms with E-state index >= 15 is 0 Å². The van der Waals surface area contributed by atoms with Gasteiger partial charge in [-0.2, -0.15) is 0 Å². The van der Waals surface area contributed by atoms with Crippen LogP contribution in [0.4, 0.5) is 0 Å². The Labute approximate surface area is 331 Å². The molecule has 13 rings (SSSR count). The summed E-state index contributed by atoms with van der Waals surface area (Å²) in [5, 5.41) is 6.04. The molecule has 0 radical (unpaired) electrons. The molecule has 3 heterocycles. The van der Waals surface area contributed by atoms with Gasteiger partial charge in [-0.3, -0.25) is 0 Å². The van der Waals surface area contributed by atoms with Crippen LogP contribution >= 0.6 is 0 Å². The van der Waals surface area contributed by atoms with Crippen LogP contribution in [0.5, 0.6) is 0 Å². The summed E-state index contributed by atoms with van der Waals surface area (Å²) in [4.78, 5) is 0. The molecule has 3 heteroatoms. The van der Waals surface area contributed by atoms with Gasteiger partial charge in [-0.15, -0.1) is 0 Å². The lowest BCUT2D eigenvalue weighted by Crippen LogP contribution is -2.19. The second-order valence-electron chi connectivity index (χ2n) is 17.9. The van der Waals surface area contributed by atoms with Crippen LogP contribution in [0.25, 0.3) is 83.2 Å². The first-order valence-electron chi connectivity index (χ1n) is 20.7. The number of rotatable bonds is 2. The van der Waals surface area contributed by atoms with Crippen LogP contribution < -0.4 is 0 Å². The van der Waals surface area contributed by atoms with Crippen molar-refractivity contribution in [1.29, 1.82) is 0 Å². The van der Waals surface area contributed by atoms with Gasteiger partial charge in [0, 0.05) is 49.7 Å². The highest BCUT2D eigenvalue weighted by Gasteiger charge is 2.44. The Kier molecular flexibility index (Phi) is 6.00. The van der Waals surface area contributed by atoms with Crippen LogP contribution in [0.15, 0.2) is 143 Å². The van der Waals surface area contributed by atoms with Gasteiger partial charge in [0.25, 0.3) is 0 Å². The molecule has 4 aliphatic carbocycles. The summed E-state index contributed by atoms with van der Waals surface area (Å²) in [6.07, 6.45) is 12.6. The Morgan fingerprint density at radius 1 is 0.596 bits per heavy atom. The maximum atomic E-state index is 7.47. The van der Waals surface area contributed by atoms with Gasteiger partial charge in [-0.05, 0) is 119 Å². The summed E-state index contributed by atoms with van der Waals surface area (Å²) in [5.41, 5.74) is 20.5. The van der Waals surface area contributed by atoms with Crippen LogP contribution in [0, 0.1) is 0 Å². The van der Waals surface area contributed by atoms with E-state index in [1.54, 1.807) is 0 Å². The third kappa shape index (κ3) is 3.92. The lowest BCUT2D eigenvalue weighted by Gasteiger charge is -2.28. The zero-order valence-electron chi connectivity index (χ0n) is 32.8. The lowest BCUT2D eigenvalue weighted by molar-refractivity contribution is 0.613. The molecule has 0 fully saturated rings. The number of furan rings is 1. The van der Waals surface area contributed by atoms with Gasteiger partial charge in [0.2, 0.25) is 0 Å². The molecule has 0 amide bonds. The zero-order valence-corrected chi connectivity index (χ0v) is 32.8. The molecule has 57 heavy (non-hydrogen) atoms. The fraction of sp³-hybridized carbons (Fsp3) is 0.185. The maximum absolute atomic E-state index is 7.47. The van der Waals surface area contributed by atoms with Crippen molar-refractivity contribution in [1.82, 2.24) is 9.13 Å². The number of para-hydroxylation sites is 1. The van der Waals surface area contributed by atoms with E-state index in [0.717, 1.165) is 30.4 Å². The number of nitrogens with zero attached hydrogens (tertiary/aromatic N) is 2. The van der Waals surface area contributed by atoms with Crippen molar-refractivity contribution in [2.45, 2.75) is 63.7 Å². The molecule has 1 atom stereocenters. The molecule has 0 N–H and O–H groups in total. The lowest BCUT2D eigenvalue weighted by atomic mass is 9.76. The Morgan fingerprint density at radius 2 is 1.32 bits per heavy atom. The molecule has 9 aromatic rings. The van der Waals surface area contributed by atoms with Crippen LogP contribution in [0.3, 0.4) is 0 Å². The molecular formula is C54H42N2O. The quantitative estimate of drug-likeness (QED) is 0.173. The molecule has 274 valence electrons. The smallest absolute Gasteiger partial charge is 0.145 e. The highest BCUT2D eigenvalue weighted by atomic mass is 16.3. The van der Waals surface area contributed by atoms with Gasteiger partial charge in [0.1, 0.15) is 11.2 Å². The van der Waals surface area contributed by atoms with E-state index in [4.69, 9.17) is 4.42 Å². The minimum atomic E-state index is -0.0904. The predicted octanol–water partition coefficient (Wildman–Crippen LogP) is 14.1. The molecule has 3 nitrogen and oxygen atoms in total. The van der Waals surface area contributed by atoms with Crippen LogP contribution in [0.2, 0.25) is 0 Å². The van der Waals surface area contributed by atoms with E-state index in [9.17, 15) is 0 Å². The molecule has 0 bridgehead atoms. The molecule has 4 aliphatic rings. The third-order valence-corrected chi connectivity index (χ3v) is 14.4. The largest absolute Gasteiger partial charge is 0.455 e. The molecular weight excluding hydrogens is 693 g/mol.